The van der Waals surface area contributed by atoms with Crippen LogP contribution in [0.3, 0.4) is 0 Å². The molecule has 2 unspecified atom stereocenters. The third-order valence-corrected chi connectivity index (χ3v) is 6.86. The molecule has 0 bridgehead atoms. The molecule has 5 nitrogen and oxygen atoms in total. The lowest BCUT2D eigenvalue weighted by Crippen LogP contribution is -2.51. The van der Waals surface area contributed by atoms with Crippen LogP contribution in [0.1, 0.15) is 12.8 Å². The maximum absolute atomic E-state index is 11.5. The first kappa shape index (κ1) is 12.3. The van der Waals surface area contributed by atoms with Crippen molar-refractivity contribution < 1.29 is 16.8 Å². The van der Waals surface area contributed by atoms with Crippen molar-refractivity contribution in [3.63, 3.8) is 0 Å². The zero-order chi connectivity index (χ0) is 11.8. The van der Waals surface area contributed by atoms with Crippen LogP contribution in [0.5, 0.6) is 0 Å². The molecule has 0 spiro atoms. The van der Waals surface area contributed by atoms with Crippen LogP contribution in [0.15, 0.2) is 0 Å². The van der Waals surface area contributed by atoms with Crippen molar-refractivity contribution in [2.45, 2.75) is 18.9 Å². The SMILES string of the molecule is O=S1(=O)CCCC(C2CS(=O)(=O)CCN2)C1. The smallest absolute Gasteiger partial charge is 0.153 e. The molecule has 7 heteroatoms. The van der Waals surface area contributed by atoms with Crippen molar-refractivity contribution in [1.82, 2.24) is 5.32 Å². The molecule has 0 amide bonds. The minimum absolute atomic E-state index is 0.0335. The molecule has 16 heavy (non-hydrogen) atoms. The van der Waals surface area contributed by atoms with E-state index in [1.807, 2.05) is 0 Å². The Kier molecular flexibility index (Phi) is 3.29. The van der Waals surface area contributed by atoms with E-state index in [9.17, 15) is 16.8 Å². The molecule has 2 atom stereocenters. The van der Waals surface area contributed by atoms with E-state index in [4.69, 9.17) is 0 Å². The molecule has 1 N–H and O–H groups in total. The Labute approximate surface area is 96.4 Å². The van der Waals surface area contributed by atoms with E-state index in [2.05, 4.69) is 5.32 Å². The zero-order valence-electron chi connectivity index (χ0n) is 9.05. The summed E-state index contributed by atoms with van der Waals surface area (Å²) in [5, 5.41) is 3.14. The molecule has 0 aliphatic carbocycles. The molecule has 0 aromatic heterocycles. The highest BCUT2D eigenvalue weighted by molar-refractivity contribution is 7.91. The summed E-state index contributed by atoms with van der Waals surface area (Å²) in [7, 11) is -5.93. The molecular weight excluding hydrogens is 250 g/mol. The highest BCUT2D eigenvalue weighted by atomic mass is 32.2. The zero-order valence-corrected chi connectivity index (χ0v) is 10.7. The van der Waals surface area contributed by atoms with Gasteiger partial charge >= 0.3 is 0 Å². The van der Waals surface area contributed by atoms with Gasteiger partial charge in [-0.15, -0.1) is 0 Å². The van der Waals surface area contributed by atoms with E-state index >= 15 is 0 Å². The van der Waals surface area contributed by atoms with Crippen LogP contribution in [0.25, 0.3) is 0 Å². The van der Waals surface area contributed by atoms with Crippen molar-refractivity contribution in [2.24, 2.45) is 5.92 Å². The summed E-state index contributed by atoms with van der Waals surface area (Å²) in [4.78, 5) is 0. The molecule has 2 aliphatic rings. The van der Waals surface area contributed by atoms with Gasteiger partial charge in [-0.1, -0.05) is 0 Å². The average molecular weight is 267 g/mol. The normalized spacial score (nSPS) is 38.0. The van der Waals surface area contributed by atoms with Gasteiger partial charge in [0, 0.05) is 12.6 Å². The van der Waals surface area contributed by atoms with E-state index in [1.54, 1.807) is 0 Å². The van der Waals surface area contributed by atoms with Gasteiger partial charge in [0.1, 0.15) is 0 Å². The first-order valence-electron chi connectivity index (χ1n) is 5.52. The Hall–Kier alpha value is -0.140. The van der Waals surface area contributed by atoms with Gasteiger partial charge in [0.2, 0.25) is 0 Å². The number of rotatable bonds is 1. The molecule has 2 saturated heterocycles. The van der Waals surface area contributed by atoms with Gasteiger partial charge in [0.15, 0.2) is 19.7 Å². The summed E-state index contributed by atoms with van der Waals surface area (Å²) < 4.78 is 45.9. The summed E-state index contributed by atoms with van der Waals surface area (Å²) >= 11 is 0. The minimum Gasteiger partial charge on any atom is -0.312 e. The lowest BCUT2D eigenvalue weighted by molar-refractivity contribution is 0.364. The van der Waals surface area contributed by atoms with Gasteiger partial charge in [-0.2, -0.15) is 0 Å². The quantitative estimate of drug-likeness (QED) is 0.672. The molecule has 0 radical (unpaired) electrons. The van der Waals surface area contributed by atoms with Gasteiger partial charge < -0.3 is 5.32 Å². The fourth-order valence-electron chi connectivity index (χ4n) is 2.49. The van der Waals surface area contributed by atoms with Crippen LogP contribution in [0, 0.1) is 5.92 Å². The van der Waals surface area contributed by atoms with Gasteiger partial charge in [0.05, 0.1) is 23.0 Å². The first-order valence-corrected chi connectivity index (χ1v) is 9.16. The van der Waals surface area contributed by atoms with Crippen molar-refractivity contribution >= 4 is 19.7 Å². The van der Waals surface area contributed by atoms with Gasteiger partial charge in [-0.25, -0.2) is 16.8 Å². The van der Waals surface area contributed by atoms with Crippen molar-refractivity contribution in [1.29, 1.82) is 0 Å². The number of nitrogens with one attached hydrogen (secondary N) is 1. The molecule has 0 aromatic rings. The van der Waals surface area contributed by atoms with Gasteiger partial charge in [0.25, 0.3) is 0 Å². The molecule has 2 heterocycles. The van der Waals surface area contributed by atoms with Crippen LogP contribution in [0.4, 0.5) is 0 Å². The van der Waals surface area contributed by atoms with Gasteiger partial charge in [-0.05, 0) is 18.8 Å². The Morgan fingerprint density at radius 2 is 1.62 bits per heavy atom. The average Bonchev–Trinajstić information content (AvgIpc) is 2.14. The number of hydrogen-bond donors (Lipinski definition) is 1. The third kappa shape index (κ3) is 2.95. The van der Waals surface area contributed by atoms with Crippen LogP contribution < -0.4 is 5.32 Å². The van der Waals surface area contributed by atoms with Crippen LogP contribution in [0.2, 0.25) is 0 Å². The van der Waals surface area contributed by atoms with Crippen LogP contribution >= 0.6 is 0 Å². The van der Waals surface area contributed by atoms with E-state index in [0.29, 0.717) is 13.0 Å². The summed E-state index contributed by atoms with van der Waals surface area (Å²) in [5.74, 6) is 0.619. The maximum Gasteiger partial charge on any atom is 0.153 e. The molecule has 0 aromatic carbocycles. The lowest BCUT2D eigenvalue weighted by atomic mass is 9.97. The Bertz CT molecular complexity index is 410. The van der Waals surface area contributed by atoms with Crippen LogP contribution in [-0.4, -0.2) is 52.4 Å². The molecule has 2 rings (SSSR count). The Morgan fingerprint density at radius 1 is 0.938 bits per heavy atom. The minimum atomic E-state index is -2.98. The summed E-state index contributed by atoms with van der Waals surface area (Å²) in [6.07, 6.45) is 1.47. The lowest BCUT2D eigenvalue weighted by Gasteiger charge is -2.33. The van der Waals surface area contributed by atoms with Crippen LogP contribution in [-0.2, 0) is 19.7 Å². The monoisotopic (exact) mass is 267 g/mol. The molecule has 2 fully saturated rings. The second-order valence-electron chi connectivity index (χ2n) is 4.69. The van der Waals surface area contributed by atoms with E-state index in [-0.39, 0.29) is 35.0 Å². The summed E-state index contributed by atoms with van der Waals surface area (Å²) in [6.45, 7) is 0.448. The topological polar surface area (TPSA) is 80.3 Å². The summed E-state index contributed by atoms with van der Waals surface area (Å²) in [5.41, 5.74) is 0. The molecule has 94 valence electrons. The van der Waals surface area contributed by atoms with Gasteiger partial charge in [-0.3, -0.25) is 0 Å². The first-order chi connectivity index (χ1) is 7.38. The predicted molar refractivity (Wildman–Crippen MR) is 61.8 cm³/mol. The Balaban J connectivity index is 2.07. The van der Waals surface area contributed by atoms with Crippen molar-refractivity contribution in [2.75, 3.05) is 29.6 Å². The third-order valence-electron chi connectivity index (χ3n) is 3.32. The molecular formula is C9H17NO4S2. The predicted octanol–water partition coefficient (Wildman–Crippen LogP) is -0.802. The number of sulfone groups is 2. The molecule has 2 aliphatic heterocycles. The summed E-state index contributed by atoms with van der Waals surface area (Å²) in [6, 6.07) is -0.172. The highest BCUT2D eigenvalue weighted by Gasteiger charge is 2.35. The van der Waals surface area contributed by atoms with Crippen molar-refractivity contribution in [3.05, 3.63) is 0 Å². The standard InChI is InChI=1S/C9H17NO4S2/c11-15(12)4-1-2-8(6-15)9-7-16(13,14)5-3-10-9/h8-10H,1-7H2. The second-order valence-corrected chi connectivity index (χ2v) is 9.15. The fourth-order valence-corrected chi connectivity index (χ4v) is 5.85. The molecule has 0 saturated carbocycles. The van der Waals surface area contributed by atoms with E-state index < -0.39 is 19.7 Å². The fraction of sp³-hybridized carbons (Fsp3) is 1.00. The Morgan fingerprint density at radius 3 is 2.25 bits per heavy atom. The number of hydrogen-bond acceptors (Lipinski definition) is 5. The highest BCUT2D eigenvalue weighted by Crippen LogP contribution is 2.23. The maximum atomic E-state index is 11.5. The van der Waals surface area contributed by atoms with Crippen molar-refractivity contribution in [3.8, 4) is 0 Å². The van der Waals surface area contributed by atoms with E-state index in [1.165, 1.54) is 0 Å². The second kappa shape index (κ2) is 4.27. The largest absolute Gasteiger partial charge is 0.312 e. The van der Waals surface area contributed by atoms with E-state index in [0.717, 1.165) is 6.42 Å².